The van der Waals surface area contributed by atoms with Crippen LogP contribution in [-0.2, 0) is 6.54 Å². The van der Waals surface area contributed by atoms with Gasteiger partial charge in [-0.25, -0.2) is 4.98 Å². The summed E-state index contributed by atoms with van der Waals surface area (Å²) in [6.45, 7) is 4.46. The Bertz CT molecular complexity index is 530. The second-order valence-corrected chi connectivity index (χ2v) is 5.04. The van der Waals surface area contributed by atoms with Gasteiger partial charge >= 0.3 is 0 Å². The van der Waals surface area contributed by atoms with E-state index in [0.29, 0.717) is 17.9 Å². The lowest BCUT2D eigenvalue weighted by atomic mass is 10.3. The monoisotopic (exact) mass is 264 g/mol. The summed E-state index contributed by atoms with van der Waals surface area (Å²) in [5, 5.41) is 4.75. The summed E-state index contributed by atoms with van der Waals surface area (Å²) in [4.78, 5) is 16.2. The van der Waals surface area contributed by atoms with Crippen molar-refractivity contribution >= 4 is 22.9 Å². The highest BCUT2D eigenvalue weighted by Crippen LogP contribution is 2.16. The molecule has 1 amide bonds. The highest BCUT2D eigenvalue weighted by atomic mass is 32.1. The predicted octanol–water partition coefficient (Wildman–Crippen LogP) is 2.04. The highest BCUT2D eigenvalue weighted by Gasteiger charge is 2.14. The molecule has 0 aliphatic carbocycles. The van der Waals surface area contributed by atoms with Crippen LogP contribution in [0.5, 0.6) is 0 Å². The fraction of sp³-hybridized carbons (Fsp3) is 0.333. The molecule has 0 radical (unpaired) electrons. The third-order valence-electron chi connectivity index (χ3n) is 2.57. The van der Waals surface area contributed by atoms with Crippen LogP contribution in [0.25, 0.3) is 0 Å². The van der Waals surface area contributed by atoms with Crippen molar-refractivity contribution in [3.8, 4) is 0 Å². The summed E-state index contributed by atoms with van der Waals surface area (Å²) >= 11 is 1.51. The maximum Gasteiger partial charge on any atom is 0.268 e. The molecule has 18 heavy (non-hydrogen) atoms. The molecule has 0 aliphatic heterocycles. The van der Waals surface area contributed by atoms with Crippen molar-refractivity contribution in [1.82, 2.24) is 14.9 Å². The molecule has 2 heterocycles. The molecule has 6 heteroatoms. The van der Waals surface area contributed by atoms with E-state index >= 15 is 0 Å². The van der Waals surface area contributed by atoms with Gasteiger partial charge in [0.05, 0.1) is 23.4 Å². The molecule has 0 fully saturated rings. The van der Waals surface area contributed by atoms with Gasteiger partial charge in [-0.15, -0.1) is 11.3 Å². The Labute approximate surface area is 110 Å². The van der Waals surface area contributed by atoms with Crippen LogP contribution in [0.2, 0.25) is 0 Å². The van der Waals surface area contributed by atoms with Gasteiger partial charge in [0.15, 0.2) is 0 Å². The first kappa shape index (κ1) is 12.6. The number of anilines is 1. The fourth-order valence-electron chi connectivity index (χ4n) is 1.70. The SMILES string of the molecule is CC(C)n1cc(N)cc1C(=O)NCc1cscn1. The number of hydrogen-bond acceptors (Lipinski definition) is 4. The van der Waals surface area contributed by atoms with Gasteiger partial charge in [0.2, 0.25) is 0 Å². The smallest absolute Gasteiger partial charge is 0.268 e. The van der Waals surface area contributed by atoms with Crippen LogP contribution in [0.1, 0.15) is 36.1 Å². The Morgan fingerprint density at radius 1 is 1.61 bits per heavy atom. The lowest BCUT2D eigenvalue weighted by molar-refractivity contribution is 0.0939. The van der Waals surface area contributed by atoms with Crippen molar-refractivity contribution in [2.45, 2.75) is 26.4 Å². The minimum absolute atomic E-state index is 0.131. The topological polar surface area (TPSA) is 72.9 Å². The number of nitrogen functional groups attached to an aromatic ring is 1. The van der Waals surface area contributed by atoms with E-state index in [2.05, 4.69) is 10.3 Å². The second-order valence-electron chi connectivity index (χ2n) is 4.32. The first-order chi connectivity index (χ1) is 8.58. The van der Waals surface area contributed by atoms with Crippen LogP contribution in [0.4, 0.5) is 5.69 Å². The molecule has 0 spiro atoms. The van der Waals surface area contributed by atoms with Crippen LogP contribution in [-0.4, -0.2) is 15.5 Å². The molecule has 2 aromatic heterocycles. The van der Waals surface area contributed by atoms with Crippen LogP contribution in [0.3, 0.4) is 0 Å². The lowest BCUT2D eigenvalue weighted by Gasteiger charge is -2.12. The van der Waals surface area contributed by atoms with Gasteiger partial charge in [-0.05, 0) is 19.9 Å². The molecule has 0 saturated heterocycles. The van der Waals surface area contributed by atoms with Crippen molar-refractivity contribution in [3.05, 3.63) is 34.5 Å². The Morgan fingerprint density at radius 3 is 3.00 bits per heavy atom. The van der Waals surface area contributed by atoms with Gasteiger partial charge in [0.1, 0.15) is 5.69 Å². The number of nitrogens with two attached hydrogens (primary N) is 1. The zero-order valence-electron chi connectivity index (χ0n) is 10.4. The van der Waals surface area contributed by atoms with Gasteiger partial charge in [-0.1, -0.05) is 0 Å². The van der Waals surface area contributed by atoms with Crippen LogP contribution >= 0.6 is 11.3 Å². The van der Waals surface area contributed by atoms with E-state index in [0.717, 1.165) is 5.69 Å². The first-order valence-corrected chi connectivity index (χ1v) is 6.65. The van der Waals surface area contributed by atoms with E-state index in [1.54, 1.807) is 17.8 Å². The second kappa shape index (κ2) is 5.22. The summed E-state index contributed by atoms with van der Waals surface area (Å²) in [5.41, 5.74) is 9.53. The number of nitrogens with zero attached hydrogens (tertiary/aromatic N) is 2. The van der Waals surface area contributed by atoms with Crippen LogP contribution in [0.15, 0.2) is 23.2 Å². The molecule has 2 aromatic rings. The molecule has 2 rings (SSSR count). The molecule has 96 valence electrons. The maximum atomic E-state index is 12.1. The summed E-state index contributed by atoms with van der Waals surface area (Å²) in [5.74, 6) is -0.131. The number of aromatic nitrogens is 2. The zero-order chi connectivity index (χ0) is 13.1. The molecule has 0 bridgehead atoms. The summed E-state index contributed by atoms with van der Waals surface area (Å²) in [7, 11) is 0. The molecular weight excluding hydrogens is 248 g/mol. The minimum atomic E-state index is -0.131. The van der Waals surface area contributed by atoms with Crippen LogP contribution < -0.4 is 11.1 Å². The van der Waals surface area contributed by atoms with E-state index < -0.39 is 0 Å². The quantitative estimate of drug-likeness (QED) is 0.887. The largest absolute Gasteiger partial charge is 0.397 e. The van der Waals surface area contributed by atoms with Crippen LogP contribution in [0, 0.1) is 0 Å². The molecule has 0 aliphatic rings. The van der Waals surface area contributed by atoms with E-state index in [-0.39, 0.29) is 11.9 Å². The van der Waals surface area contributed by atoms with Crippen molar-refractivity contribution in [1.29, 1.82) is 0 Å². The summed E-state index contributed by atoms with van der Waals surface area (Å²) < 4.78 is 1.87. The zero-order valence-corrected chi connectivity index (χ0v) is 11.2. The average molecular weight is 264 g/mol. The predicted molar refractivity (Wildman–Crippen MR) is 72.5 cm³/mol. The third kappa shape index (κ3) is 2.70. The molecule has 5 nitrogen and oxygen atoms in total. The van der Waals surface area contributed by atoms with Crippen molar-refractivity contribution in [2.75, 3.05) is 5.73 Å². The average Bonchev–Trinajstić information content (AvgIpc) is 2.94. The van der Waals surface area contributed by atoms with Crippen molar-refractivity contribution in [2.24, 2.45) is 0 Å². The Morgan fingerprint density at radius 2 is 2.39 bits per heavy atom. The van der Waals surface area contributed by atoms with E-state index in [4.69, 9.17) is 5.73 Å². The number of thiazole rings is 1. The molecular formula is C12H16N4OS. The minimum Gasteiger partial charge on any atom is -0.397 e. The van der Waals surface area contributed by atoms with E-state index in [1.807, 2.05) is 23.8 Å². The fourth-order valence-corrected chi connectivity index (χ4v) is 2.25. The number of carbonyl (C=O) groups excluding carboxylic acids is 1. The normalized spacial score (nSPS) is 10.8. The number of rotatable bonds is 4. The standard InChI is InChI=1S/C12H16N4OS/c1-8(2)16-5-9(13)3-11(16)12(17)14-4-10-6-18-7-15-10/h3,5-8H,4,13H2,1-2H3,(H,14,17). The Hall–Kier alpha value is -1.82. The molecule has 0 saturated carbocycles. The van der Waals surface area contributed by atoms with Gasteiger partial charge < -0.3 is 15.6 Å². The number of amides is 1. The molecule has 0 unspecified atom stereocenters. The Kier molecular flexibility index (Phi) is 3.66. The van der Waals surface area contributed by atoms with Gasteiger partial charge in [0.25, 0.3) is 5.91 Å². The first-order valence-electron chi connectivity index (χ1n) is 5.70. The molecule has 3 N–H and O–H groups in total. The lowest BCUT2D eigenvalue weighted by Crippen LogP contribution is -2.25. The molecule has 0 aromatic carbocycles. The summed E-state index contributed by atoms with van der Waals surface area (Å²) in [6.07, 6.45) is 1.78. The van der Waals surface area contributed by atoms with Gasteiger partial charge in [0, 0.05) is 17.6 Å². The van der Waals surface area contributed by atoms with E-state index in [1.165, 1.54) is 11.3 Å². The Balaban J connectivity index is 2.09. The van der Waals surface area contributed by atoms with E-state index in [9.17, 15) is 4.79 Å². The summed E-state index contributed by atoms with van der Waals surface area (Å²) in [6, 6.07) is 1.89. The van der Waals surface area contributed by atoms with Crippen molar-refractivity contribution < 1.29 is 4.79 Å². The third-order valence-corrected chi connectivity index (χ3v) is 3.21. The number of hydrogen-bond donors (Lipinski definition) is 2. The number of carbonyl (C=O) groups is 1. The highest BCUT2D eigenvalue weighted by molar-refractivity contribution is 7.07. The van der Waals surface area contributed by atoms with Gasteiger partial charge in [-0.3, -0.25) is 4.79 Å². The molecule has 0 atom stereocenters. The maximum absolute atomic E-state index is 12.1. The van der Waals surface area contributed by atoms with Crippen molar-refractivity contribution in [3.63, 3.8) is 0 Å². The number of nitrogens with one attached hydrogen (secondary N) is 1. The van der Waals surface area contributed by atoms with Gasteiger partial charge in [-0.2, -0.15) is 0 Å².